The van der Waals surface area contributed by atoms with E-state index in [2.05, 4.69) is 4.98 Å². The number of ketones is 1. The Labute approximate surface area is 70.4 Å². The molecule has 0 aliphatic carbocycles. The Hall–Kier alpha value is -1.58. The Bertz CT molecular complexity index is 310. The van der Waals surface area contributed by atoms with Crippen molar-refractivity contribution in [3.8, 4) is 5.88 Å². The van der Waals surface area contributed by atoms with Gasteiger partial charge in [-0.25, -0.2) is 4.98 Å². The predicted molar refractivity (Wildman–Crippen MR) is 45.2 cm³/mol. The molecule has 1 aromatic heterocycles. The van der Waals surface area contributed by atoms with Crippen molar-refractivity contribution < 1.29 is 9.53 Å². The fourth-order valence-corrected chi connectivity index (χ4v) is 0.924. The van der Waals surface area contributed by atoms with Crippen LogP contribution >= 0.6 is 0 Å². The molecule has 0 spiro atoms. The first-order valence-electron chi connectivity index (χ1n) is 3.46. The summed E-state index contributed by atoms with van der Waals surface area (Å²) < 4.78 is 4.85. The molecule has 2 N–H and O–H groups in total. The molecule has 0 saturated carbocycles. The number of carbonyl (C=O) groups excluding carboxylic acids is 1. The van der Waals surface area contributed by atoms with Gasteiger partial charge in [-0.05, 0) is 13.0 Å². The van der Waals surface area contributed by atoms with Crippen LogP contribution in [-0.4, -0.2) is 17.9 Å². The number of carbonyl (C=O) groups is 1. The zero-order valence-electron chi connectivity index (χ0n) is 7.00. The molecule has 0 radical (unpaired) electrons. The number of methoxy groups -OCH3 is 1. The van der Waals surface area contributed by atoms with Gasteiger partial charge in [0.1, 0.15) is 5.69 Å². The van der Waals surface area contributed by atoms with Crippen molar-refractivity contribution in [1.82, 2.24) is 4.98 Å². The summed E-state index contributed by atoms with van der Waals surface area (Å²) in [4.78, 5) is 14.8. The van der Waals surface area contributed by atoms with Gasteiger partial charge in [-0.15, -0.1) is 0 Å². The molecule has 12 heavy (non-hydrogen) atoms. The molecule has 0 unspecified atom stereocenters. The molecule has 1 rings (SSSR count). The van der Waals surface area contributed by atoms with Crippen molar-refractivity contribution >= 4 is 11.5 Å². The maximum Gasteiger partial charge on any atom is 0.237 e. The minimum absolute atomic E-state index is 0.0896. The number of aromatic nitrogens is 1. The van der Waals surface area contributed by atoms with Crippen LogP contribution in [0.2, 0.25) is 0 Å². The summed E-state index contributed by atoms with van der Waals surface area (Å²) in [5.74, 6) is 0.205. The normalized spacial score (nSPS) is 9.50. The summed E-state index contributed by atoms with van der Waals surface area (Å²) in [6.07, 6.45) is 1.49. The van der Waals surface area contributed by atoms with Crippen molar-refractivity contribution in [2.75, 3.05) is 12.8 Å². The van der Waals surface area contributed by atoms with Crippen LogP contribution in [0.3, 0.4) is 0 Å². The van der Waals surface area contributed by atoms with E-state index in [1.807, 2.05) is 0 Å². The lowest BCUT2D eigenvalue weighted by atomic mass is 10.1. The highest BCUT2D eigenvalue weighted by Crippen LogP contribution is 2.21. The number of rotatable bonds is 2. The second kappa shape index (κ2) is 3.21. The van der Waals surface area contributed by atoms with E-state index in [1.165, 1.54) is 20.2 Å². The minimum Gasteiger partial charge on any atom is -0.480 e. The number of Topliss-reactive ketones (excluding diaryl/α,β-unsaturated/α-hetero) is 1. The fourth-order valence-electron chi connectivity index (χ4n) is 0.924. The number of nitrogens with zero attached hydrogens (tertiary/aromatic N) is 1. The Morgan fingerprint density at radius 3 is 2.83 bits per heavy atom. The highest BCUT2D eigenvalue weighted by Gasteiger charge is 2.09. The predicted octanol–water partition coefficient (Wildman–Crippen LogP) is 0.875. The van der Waals surface area contributed by atoms with Crippen LogP contribution in [0.4, 0.5) is 5.69 Å². The van der Waals surface area contributed by atoms with E-state index in [-0.39, 0.29) is 5.78 Å². The zero-order valence-corrected chi connectivity index (χ0v) is 7.00. The third-order valence-electron chi connectivity index (χ3n) is 1.53. The molecule has 0 atom stereocenters. The number of hydrogen-bond donors (Lipinski definition) is 1. The summed E-state index contributed by atoms with van der Waals surface area (Å²) in [6, 6.07) is 1.57. The lowest BCUT2D eigenvalue weighted by molar-refractivity contribution is 0.101. The van der Waals surface area contributed by atoms with E-state index >= 15 is 0 Å². The van der Waals surface area contributed by atoms with E-state index in [0.717, 1.165) is 0 Å². The number of hydrogen-bond acceptors (Lipinski definition) is 4. The van der Waals surface area contributed by atoms with Gasteiger partial charge in [-0.2, -0.15) is 0 Å². The monoisotopic (exact) mass is 166 g/mol. The summed E-state index contributed by atoms with van der Waals surface area (Å²) in [6.45, 7) is 1.45. The third-order valence-corrected chi connectivity index (χ3v) is 1.53. The summed E-state index contributed by atoms with van der Waals surface area (Å²) in [5.41, 5.74) is 6.33. The average molecular weight is 166 g/mol. The maximum atomic E-state index is 11.0. The molecule has 0 fully saturated rings. The van der Waals surface area contributed by atoms with Crippen LogP contribution in [0.5, 0.6) is 5.88 Å². The quantitative estimate of drug-likeness (QED) is 0.662. The molecule has 1 aromatic rings. The molecule has 0 bridgehead atoms. The first-order valence-corrected chi connectivity index (χ1v) is 3.46. The molecular formula is C8H10N2O2. The second-order valence-electron chi connectivity index (χ2n) is 2.34. The van der Waals surface area contributed by atoms with E-state index in [4.69, 9.17) is 10.5 Å². The lowest BCUT2D eigenvalue weighted by Gasteiger charge is -2.05. The molecule has 0 saturated heterocycles. The zero-order chi connectivity index (χ0) is 9.14. The molecule has 4 nitrogen and oxygen atoms in total. The number of nitrogens with two attached hydrogens (primary N) is 1. The lowest BCUT2D eigenvalue weighted by Crippen LogP contribution is -2.03. The molecule has 0 aromatic carbocycles. The van der Waals surface area contributed by atoms with Gasteiger partial charge >= 0.3 is 0 Å². The third kappa shape index (κ3) is 1.37. The maximum absolute atomic E-state index is 11.0. The number of pyridine rings is 1. The Kier molecular flexibility index (Phi) is 2.28. The Balaban J connectivity index is 3.23. The summed E-state index contributed by atoms with van der Waals surface area (Å²) >= 11 is 0. The van der Waals surface area contributed by atoms with Gasteiger partial charge < -0.3 is 10.5 Å². The standard InChI is InChI=1S/C8H10N2O2/c1-5(11)6-3-4-10-8(12-2)7(6)9/h3-4H,9H2,1-2H3. The van der Waals surface area contributed by atoms with Crippen LogP contribution in [0.15, 0.2) is 12.3 Å². The second-order valence-corrected chi connectivity index (χ2v) is 2.34. The number of nitrogen functional groups attached to an aromatic ring is 1. The largest absolute Gasteiger partial charge is 0.480 e. The van der Waals surface area contributed by atoms with Gasteiger partial charge in [0.25, 0.3) is 0 Å². The first-order chi connectivity index (χ1) is 5.66. The van der Waals surface area contributed by atoms with Crippen LogP contribution in [-0.2, 0) is 0 Å². The highest BCUT2D eigenvalue weighted by molar-refractivity contribution is 5.99. The van der Waals surface area contributed by atoms with Crippen LogP contribution in [0.25, 0.3) is 0 Å². The number of anilines is 1. The van der Waals surface area contributed by atoms with Gasteiger partial charge in [0.05, 0.1) is 7.11 Å². The molecular weight excluding hydrogens is 156 g/mol. The molecule has 0 amide bonds. The van der Waals surface area contributed by atoms with Crippen molar-refractivity contribution in [1.29, 1.82) is 0 Å². The van der Waals surface area contributed by atoms with E-state index in [0.29, 0.717) is 17.1 Å². The fraction of sp³-hybridized carbons (Fsp3) is 0.250. The Morgan fingerprint density at radius 2 is 2.33 bits per heavy atom. The van der Waals surface area contributed by atoms with E-state index in [1.54, 1.807) is 6.07 Å². The van der Waals surface area contributed by atoms with Crippen molar-refractivity contribution in [3.05, 3.63) is 17.8 Å². The average Bonchev–Trinajstić information content (AvgIpc) is 2.04. The highest BCUT2D eigenvalue weighted by atomic mass is 16.5. The molecule has 1 heterocycles. The van der Waals surface area contributed by atoms with Crippen LogP contribution in [0, 0.1) is 0 Å². The Morgan fingerprint density at radius 1 is 1.67 bits per heavy atom. The molecule has 64 valence electrons. The van der Waals surface area contributed by atoms with Crippen molar-refractivity contribution in [2.24, 2.45) is 0 Å². The van der Waals surface area contributed by atoms with E-state index in [9.17, 15) is 4.79 Å². The van der Waals surface area contributed by atoms with Gasteiger partial charge in [0.2, 0.25) is 5.88 Å². The molecule has 0 aliphatic rings. The van der Waals surface area contributed by atoms with E-state index < -0.39 is 0 Å². The first kappa shape index (κ1) is 8.52. The summed E-state index contributed by atoms with van der Waals surface area (Å²) in [5, 5.41) is 0. The molecule has 4 heteroatoms. The molecule has 0 aliphatic heterocycles. The van der Waals surface area contributed by atoms with Crippen LogP contribution in [0.1, 0.15) is 17.3 Å². The topological polar surface area (TPSA) is 65.2 Å². The minimum atomic E-state index is -0.0896. The van der Waals surface area contributed by atoms with Gasteiger partial charge in [-0.3, -0.25) is 4.79 Å². The number of ether oxygens (including phenoxy) is 1. The van der Waals surface area contributed by atoms with Gasteiger partial charge in [-0.1, -0.05) is 0 Å². The van der Waals surface area contributed by atoms with Gasteiger partial charge in [0, 0.05) is 11.8 Å². The van der Waals surface area contributed by atoms with Gasteiger partial charge in [0.15, 0.2) is 5.78 Å². The smallest absolute Gasteiger partial charge is 0.237 e. The SMILES string of the molecule is COc1nccc(C(C)=O)c1N. The van der Waals surface area contributed by atoms with Crippen molar-refractivity contribution in [2.45, 2.75) is 6.92 Å². The van der Waals surface area contributed by atoms with Crippen LogP contribution < -0.4 is 10.5 Å². The summed E-state index contributed by atoms with van der Waals surface area (Å²) in [7, 11) is 1.46. The van der Waals surface area contributed by atoms with Crippen molar-refractivity contribution in [3.63, 3.8) is 0 Å².